The third-order valence-corrected chi connectivity index (χ3v) is 10.3. The highest BCUT2D eigenvalue weighted by Gasteiger charge is 2.31. The zero-order chi connectivity index (χ0) is 33.5. The van der Waals surface area contributed by atoms with E-state index in [4.69, 9.17) is 19.6 Å². The van der Waals surface area contributed by atoms with E-state index in [0.29, 0.717) is 30.0 Å². The van der Waals surface area contributed by atoms with Gasteiger partial charge in [-0.1, -0.05) is 18.7 Å². The maximum absolute atomic E-state index is 16.1. The molecule has 48 heavy (non-hydrogen) atoms. The molecule has 0 saturated heterocycles. The molecule has 248 valence electrons. The number of likely N-dealkylation sites (N-methyl/N-ethyl adjacent to an activating group) is 1. The number of hydrogen-bond acceptors (Lipinski definition) is 7. The third-order valence-electron chi connectivity index (χ3n) is 9.39. The van der Waals surface area contributed by atoms with Gasteiger partial charge in [-0.15, -0.1) is 11.3 Å². The second kappa shape index (κ2) is 13.2. The number of aromatic nitrogens is 3. The minimum atomic E-state index is -0.762. The average molecular weight is 670 g/mol. The molecule has 0 fully saturated rings. The number of pyridine rings is 1. The van der Waals surface area contributed by atoms with E-state index in [1.54, 1.807) is 12.0 Å². The van der Waals surface area contributed by atoms with Crippen molar-refractivity contribution in [2.24, 2.45) is 0 Å². The second-order valence-corrected chi connectivity index (χ2v) is 13.2. The molecule has 2 aliphatic rings. The van der Waals surface area contributed by atoms with Crippen molar-refractivity contribution >= 4 is 27.3 Å². The van der Waals surface area contributed by atoms with Crippen LogP contribution in [0.15, 0.2) is 60.5 Å². The van der Waals surface area contributed by atoms with E-state index >= 15 is 4.39 Å². The number of hydrogen-bond donors (Lipinski definition) is 0. The summed E-state index contributed by atoms with van der Waals surface area (Å²) in [7, 11) is 3.69. The van der Waals surface area contributed by atoms with Crippen molar-refractivity contribution in [1.29, 1.82) is 0 Å². The number of carbonyl (C=O) groups excluding carboxylic acids is 1. The number of fused-ring (bicyclic) bond motifs is 3. The molecule has 0 bridgehead atoms. The number of ether oxygens (including phenoxy) is 2. The lowest BCUT2D eigenvalue weighted by atomic mass is 9.94. The maximum atomic E-state index is 16.1. The van der Waals surface area contributed by atoms with Crippen molar-refractivity contribution < 1.29 is 23.0 Å². The number of benzene rings is 2. The number of carbonyl (C=O) groups is 1. The number of thiophene rings is 1. The van der Waals surface area contributed by atoms with Gasteiger partial charge in [0.1, 0.15) is 35.4 Å². The van der Waals surface area contributed by atoms with Crippen molar-refractivity contribution in [3.05, 3.63) is 89.0 Å². The molecule has 2 aliphatic heterocycles. The average Bonchev–Trinajstić information content (AvgIpc) is 3.70. The number of methoxy groups -OCH3 is 1. The molecule has 1 amide bonds. The fourth-order valence-corrected chi connectivity index (χ4v) is 7.77. The van der Waals surface area contributed by atoms with Crippen molar-refractivity contribution in [2.45, 2.75) is 32.4 Å². The minimum absolute atomic E-state index is 0.0595. The molecule has 11 heteroatoms. The van der Waals surface area contributed by atoms with E-state index in [-0.39, 0.29) is 36.5 Å². The smallest absolute Gasteiger partial charge is 0.246 e. The Kier molecular flexibility index (Phi) is 8.84. The van der Waals surface area contributed by atoms with Crippen molar-refractivity contribution in [3.63, 3.8) is 0 Å². The Morgan fingerprint density at radius 1 is 1.02 bits per heavy atom. The first-order valence-corrected chi connectivity index (χ1v) is 17.0. The maximum Gasteiger partial charge on any atom is 0.246 e. The highest BCUT2D eigenvalue weighted by molar-refractivity contribution is 7.18. The minimum Gasteiger partial charge on any atom is -0.490 e. The Morgan fingerprint density at radius 2 is 1.83 bits per heavy atom. The van der Waals surface area contributed by atoms with Gasteiger partial charge in [0.25, 0.3) is 0 Å². The second-order valence-electron chi connectivity index (χ2n) is 12.3. The first-order valence-electron chi connectivity index (χ1n) is 16.1. The van der Waals surface area contributed by atoms with Gasteiger partial charge in [-0.2, -0.15) is 5.10 Å². The Hall–Kier alpha value is -4.45. The largest absolute Gasteiger partial charge is 0.490 e. The fourth-order valence-electron chi connectivity index (χ4n) is 6.82. The van der Waals surface area contributed by atoms with Gasteiger partial charge in [-0.3, -0.25) is 9.48 Å². The van der Waals surface area contributed by atoms with Gasteiger partial charge in [0.15, 0.2) is 0 Å². The lowest BCUT2D eigenvalue weighted by molar-refractivity contribution is -0.129. The van der Waals surface area contributed by atoms with Crippen LogP contribution in [0.5, 0.6) is 5.75 Å². The predicted octanol–water partition coefficient (Wildman–Crippen LogP) is 6.92. The van der Waals surface area contributed by atoms with Gasteiger partial charge >= 0.3 is 0 Å². The molecule has 5 aromatic rings. The van der Waals surface area contributed by atoms with Crippen LogP contribution in [-0.4, -0.2) is 77.5 Å². The van der Waals surface area contributed by atoms with Gasteiger partial charge in [0, 0.05) is 60.1 Å². The zero-order valence-corrected chi connectivity index (χ0v) is 28.1. The molecular weight excluding hydrogens is 633 g/mol. The summed E-state index contributed by atoms with van der Waals surface area (Å²) >= 11 is 1.47. The number of nitrogens with zero attached hydrogens (tertiary/aromatic N) is 5. The summed E-state index contributed by atoms with van der Waals surface area (Å²) in [4.78, 5) is 22.0. The van der Waals surface area contributed by atoms with Crippen LogP contribution in [0.4, 0.5) is 8.78 Å². The highest BCUT2D eigenvalue weighted by atomic mass is 32.1. The van der Waals surface area contributed by atoms with Crippen molar-refractivity contribution in [2.75, 3.05) is 47.0 Å². The Morgan fingerprint density at radius 3 is 2.62 bits per heavy atom. The Balaban J connectivity index is 1.47. The van der Waals surface area contributed by atoms with E-state index in [1.807, 2.05) is 29.1 Å². The van der Waals surface area contributed by atoms with Crippen LogP contribution in [-0.2, 0) is 28.9 Å². The first-order chi connectivity index (χ1) is 23.3. The van der Waals surface area contributed by atoms with Gasteiger partial charge in [0.05, 0.1) is 36.1 Å². The number of amides is 1. The highest BCUT2D eigenvalue weighted by Crippen LogP contribution is 2.47. The van der Waals surface area contributed by atoms with Crippen molar-refractivity contribution in [1.82, 2.24) is 24.6 Å². The SMILES string of the molecule is C=CC(=O)N1CCn2nc(-c3nc(-c4ccc5c(c4)CCN(C)CC5)c4ccsc4c3-c3c(F)cc(F)cc3OCCOC)cc2[C@H]1C. The van der Waals surface area contributed by atoms with Crippen LogP contribution >= 0.6 is 11.3 Å². The number of halogens is 2. The number of rotatable bonds is 8. The Bertz CT molecular complexity index is 2040. The van der Waals surface area contributed by atoms with Crippen LogP contribution < -0.4 is 4.74 Å². The first kappa shape index (κ1) is 32.1. The molecule has 0 saturated carbocycles. The summed E-state index contributed by atoms with van der Waals surface area (Å²) in [6, 6.07) is 12.3. The summed E-state index contributed by atoms with van der Waals surface area (Å²) in [6.45, 7) is 8.91. The summed E-state index contributed by atoms with van der Waals surface area (Å²) < 4.78 is 44.6. The van der Waals surface area contributed by atoms with E-state index in [0.717, 1.165) is 59.0 Å². The van der Waals surface area contributed by atoms with Gasteiger partial charge in [-0.25, -0.2) is 13.8 Å². The third kappa shape index (κ3) is 5.80. The Labute approximate surface area is 282 Å². The normalized spacial score (nSPS) is 16.4. The fraction of sp³-hybridized carbons (Fsp3) is 0.324. The summed E-state index contributed by atoms with van der Waals surface area (Å²) in [5.41, 5.74) is 6.76. The van der Waals surface area contributed by atoms with Crippen LogP contribution in [0.1, 0.15) is 29.8 Å². The quantitative estimate of drug-likeness (QED) is 0.132. The molecule has 0 unspecified atom stereocenters. The van der Waals surface area contributed by atoms with Gasteiger partial charge in [-0.05, 0) is 67.6 Å². The zero-order valence-electron chi connectivity index (χ0n) is 27.3. The lowest BCUT2D eigenvalue weighted by Crippen LogP contribution is -2.40. The van der Waals surface area contributed by atoms with E-state index < -0.39 is 11.6 Å². The van der Waals surface area contributed by atoms with E-state index in [9.17, 15) is 9.18 Å². The van der Waals surface area contributed by atoms with E-state index in [1.165, 1.54) is 34.6 Å². The lowest BCUT2D eigenvalue weighted by Gasteiger charge is -2.33. The molecule has 3 aromatic heterocycles. The van der Waals surface area contributed by atoms with Crippen molar-refractivity contribution in [3.8, 4) is 39.5 Å². The van der Waals surface area contributed by atoms with E-state index in [2.05, 4.69) is 36.7 Å². The topological polar surface area (TPSA) is 72.7 Å². The van der Waals surface area contributed by atoms with Gasteiger partial charge < -0.3 is 19.3 Å². The molecule has 0 spiro atoms. The summed E-state index contributed by atoms with van der Waals surface area (Å²) in [6.07, 6.45) is 3.24. The molecule has 0 N–H and O–H groups in total. The summed E-state index contributed by atoms with van der Waals surface area (Å²) in [5, 5.41) is 7.80. The van der Waals surface area contributed by atoms with Gasteiger partial charge in [0.2, 0.25) is 5.91 Å². The molecule has 0 radical (unpaired) electrons. The molecule has 5 heterocycles. The summed E-state index contributed by atoms with van der Waals surface area (Å²) in [5.74, 6) is -1.60. The molecule has 7 rings (SSSR count). The van der Waals surface area contributed by atoms with Crippen LogP contribution in [0.3, 0.4) is 0 Å². The molecule has 0 aliphatic carbocycles. The standard InChI is InChI=1S/C37H37F2N5O3S/c1-5-32(45)43-13-14-44-30(22(43)2)21-29(41-44)36-34(33-28(39)19-26(38)20-31(33)47-16-15-46-4)37-27(10-17-48-37)35(40-36)25-7-6-23-8-11-42(3)12-9-24(23)18-25/h5-7,10,17-22H,1,8-9,11-16H2,2-4H3/t22-/m1/s1. The molecule has 1 atom stereocenters. The molecule has 2 aromatic carbocycles. The predicted molar refractivity (Wildman–Crippen MR) is 184 cm³/mol. The molecular formula is C37H37F2N5O3S. The van der Waals surface area contributed by atoms with Crippen LogP contribution in [0.25, 0.3) is 43.9 Å². The van der Waals surface area contributed by atoms with Crippen LogP contribution in [0.2, 0.25) is 0 Å². The monoisotopic (exact) mass is 669 g/mol. The van der Waals surface area contributed by atoms with Crippen LogP contribution in [0, 0.1) is 11.6 Å². The molecule has 8 nitrogen and oxygen atoms in total.